The third-order valence-corrected chi connectivity index (χ3v) is 2.09. The number of hydrogen-bond donors (Lipinski definition) is 2. The number of carbonyl (C=O) groups is 1. The normalized spacial score (nSPS) is 9.71. The Hall–Kier alpha value is -1.33. The molecule has 74 valence electrons. The van der Waals surface area contributed by atoms with Crippen molar-refractivity contribution >= 4 is 18.9 Å². The van der Waals surface area contributed by atoms with Crippen LogP contribution in [0.1, 0.15) is 15.9 Å². The first-order valence-corrected chi connectivity index (χ1v) is 4.10. The molecule has 5 heteroatoms. The molecule has 1 aromatic rings. The zero-order valence-corrected chi connectivity index (χ0v) is 8.02. The second kappa shape index (κ2) is 4.26. The smallest absolute Gasteiger partial charge is 0.488 e. The number of carbonyl (C=O) groups excluding carboxylic acids is 1. The van der Waals surface area contributed by atoms with Crippen LogP contribution < -0.4 is 10.2 Å². The van der Waals surface area contributed by atoms with Crippen molar-refractivity contribution in [3.63, 3.8) is 0 Å². The SMILES string of the molecule is COc1c(C=O)ccc(B(O)O)c1C. The van der Waals surface area contributed by atoms with E-state index in [0.717, 1.165) is 0 Å². The molecule has 0 unspecified atom stereocenters. The van der Waals surface area contributed by atoms with E-state index in [4.69, 9.17) is 14.8 Å². The first kappa shape index (κ1) is 10.8. The molecule has 14 heavy (non-hydrogen) atoms. The Balaban J connectivity index is 3.34. The van der Waals surface area contributed by atoms with Gasteiger partial charge in [0, 0.05) is 0 Å². The number of hydrogen-bond acceptors (Lipinski definition) is 4. The Morgan fingerprint density at radius 3 is 2.50 bits per heavy atom. The molecule has 0 saturated heterocycles. The second-order valence-electron chi connectivity index (χ2n) is 2.89. The van der Waals surface area contributed by atoms with Gasteiger partial charge < -0.3 is 14.8 Å². The highest BCUT2D eigenvalue weighted by atomic mass is 16.5. The van der Waals surface area contributed by atoms with Crippen molar-refractivity contribution in [2.45, 2.75) is 6.92 Å². The lowest BCUT2D eigenvalue weighted by Crippen LogP contribution is -2.32. The van der Waals surface area contributed by atoms with E-state index in [2.05, 4.69) is 0 Å². The Bertz CT molecular complexity index is 349. The maximum Gasteiger partial charge on any atom is 0.488 e. The third kappa shape index (κ3) is 1.78. The lowest BCUT2D eigenvalue weighted by molar-refractivity contribution is 0.112. The van der Waals surface area contributed by atoms with Gasteiger partial charge in [-0.05, 0) is 24.0 Å². The minimum Gasteiger partial charge on any atom is -0.496 e. The van der Waals surface area contributed by atoms with Gasteiger partial charge in [-0.1, -0.05) is 6.07 Å². The van der Waals surface area contributed by atoms with Gasteiger partial charge in [0.1, 0.15) is 5.75 Å². The van der Waals surface area contributed by atoms with Crippen LogP contribution >= 0.6 is 0 Å². The molecule has 0 fully saturated rings. The minimum atomic E-state index is -1.55. The molecule has 0 atom stereocenters. The van der Waals surface area contributed by atoms with Gasteiger partial charge >= 0.3 is 7.12 Å². The van der Waals surface area contributed by atoms with Crippen LogP contribution in [0.25, 0.3) is 0 Å². The van der Waals surface area contributed by atoms with E-state index in [-0.39, 0.29) is 0 Å². The molecule has 0 spiro atoms. The van der Waals surface area contributed by atoms with Gasteiger partial charge in [0.25, 0.3) is 0 Å². The van der Waals surface area contributed by atoms with Crippen LogP contribution in [0.15, 0.2) is 12.1 Å². The van der Waals surface area contributed by atoms with Crippen molar-refractivity contribution in [3.05, 3.63) is 23.3 Å². The molecular formula is C9H11BO4. The van der Waals surface area contributed by atoms with Gasteiger partial charge in [-0.3, -0.25) is 4.79 Å². The van der Waals surface area contributed by atoms with E-state index in [1.165, 1.54) is 19.2 Å². The van der Waals surface area contributed by atoms with Crippen molar-refractivity contribution < 1.29 is 19.6 Å². The molecule has 0 saturated carbocycles. The van der Waals surface area contributed by atoms with Crippen LogP contribution in [0, 0.1) is 6.92 Å². The number of methoxy groups -OCH3 is 1. The van der Waals surface area contributed by atoms with Crippen LogP contribution in [0.5, 0.6) is 5.75 Å². The van der Waals surface area contributed by atoms with Gasteiger partial charge in [-0.2, -0.15) is 0 Å². The predicted octanol–water partition coefficient (Wildman–Crippen LogP) is -0.504. The summed E-state index contributed by atoms with van der Waals surface area (Å²) < 4.78 is 5.00. The van der Waals surface area contributed by atoms with E-state index in [1.807, 2.05) is 0 Å². The Kier molecular flexibility index (Phi) is 3.27. The first-order chi connectivity index (χ1) is 6.61. The lowest BCUT2D eigenvalue weighted by atomic mass is 9.76. The molecule has 0 aliphatic rings. The van der Waals surface area contributed by atoms with Crippen LogP contribution in [0.3, 0.4) is 0 Å². The summed E-state index contributed by atoms with van der Waals surface area (Å²) in [5.74, 6) is 0.380. The highest BCUT2D eigenvalue weighted by Crippen LogP contribution is 2.19. The van der Waals surface area contributed by atoms with Gasteiger partial charge in [0.2, 0.25) is 0 Å². The fourth-order valence-electron chi connectivity index (χ4n) is 1.37. The number of ether oxygens (including phenoxy) is 1. The van der Waals surface area contributed by atoms with E-state index >= 15 is 0 Å². The van der Waals surface area contributed by atoms with E-state index < -0.39 is 7.12 Å². The number of rotatable bonds is 3. The molecule has 1 aromatic carbocycles. The summed E-state index contributed by atoms with van der Waals surface area (Å²) in [5, 5.41) is 18.0. The van der Waals surface area contributed by atoms with Crippen molar-refractivity contribution in [1.82, 2.24) is 0 Å². The van der Waals surface area contributed by atoms with Crippen molar-refractivity contribution in [1.29, 1.82) is 0 Å². The molecule has 0 aromatic heterocycles. The highest BCUT2D eigenvalue weighted by Gasteiger charge is 2.18. The molecule has 0 bridgehead atoms. The molecule has 0 aliphatic heterocycles. The zero-order chi connectivity index (χ0) is 10.7. The average Bonchev–Trinajstić information content (AvgIpc) is 2.16. The third-order valence-electron chi connectivity index (χ3n) is 2.09. The van der Waals surface area contributed by atoms with Gasteiger partial charge in [-0.15, -0.1) is 0 Å². The fraction of sp³-hybridized carbons (Fsp3) is 0.222. The van der Waals surface area contributed by atoms with Crippen LogP contribution in [-0.2, 0) is 0 Å². The predicted molar refractivity (Wildman–Crippen MR) is 52.9 cm³/mol. The lowest BCUT2D eigenvalue weighted by Gasteiger charge is -2.11. The zero-order valence-electron chi connectivity index (χ0n) is 8.02. The standard InChI is InChI=1S/C9H11BO4/c1-6-8(10(12)13)4-3-7(5-11)9(6)14-2/h3-5,12-13H,1-2H3. The van der Waals surface area contributed by atoms with Crippen LogP contribution in [0.4, 0.5) is 0 Å². The molecule has 0 radical (unpaired) electrons. The first-order valence-electron chi connectivity index (χ1n) is 4.10. The van der Waals surface area contributed by atoms with Crippen molar-refractivity contribution in [2.75, 3.05) is 7.11 Å². The summed E-state index contributed by atoms with van der Waals surface area (Å²) >= 11 is 0. The topological polar surface area (TPSA) is 66.8 Å². The van der Waals surface area contributed by atoms with Crippen LogP contribution in [0.2, 0.25) is 0 Å². The summed E-state index contributed by atoms with van der Waals surface area (Å²) in [6, 6.07) is 2.99. The van der Waals surface area contributed by atoms with Crippen LogP contribution in [-0.4, -0.2) is 30.6 Å². The summed E-state index contributed by atoms with van der Waals surface area (Å²) in [6.07, 6.45) is 0.666. The Labute approximate surface area is 82.3 Å². The van der Waals surface area contributed by atoms with Crippen molar-refractivity contribution in [2.24, 2.45) is 0 Å². The average molecular weight is 194 g/mol. The monoisotopic (exact) mass is 194 g/mol. The maximum atomic E-state index is 10.6. The molecule has 0 aliphatic carbocycles. The Morgan fingerprint density at radius 1 is 1.43 bits per heavy atom. The minimum absolute atomic E-state index is 0.340. The summed E-state index contributed by atoms with van der Waals surface area (Å²) in [5.41, 5.74) is 1.30. The van der Waals surface area contributed by atoms with Gasteiger partial charge in [0.15, 0.2) is 6.29 Å². The molecule has 2 N–H and O–H groups in total. The molecule has 0 heterocycles. The molecular weight excluding hydrogens is 183 g/mol. The Morgan fingerprint density at radius 2 is 2.07 bits per heavy atom. The quantitative estimate of drug-likeness (QED) is 0.502. The number of aldehydes is 1. The summed E-state index contributed by atoms with van der Waals surface area (Å²) in [6.45, 7) is 1.67. The molecule has 4 nitrogen and oxygen atoms in total. The van der Waals surface area contributed by atoms with E-state index in [9.17, 15) is 4.79 Å². The summed E-state index contributed by atoms with van der Waals surface area (Å²) in [7, 11) is -0.118. The van der Waals surface area contributed by atoms with E-state index in [1.54, 1.807) is 6.92 Å². The fourth-order valence-corrected chi connectivity index (χ4v) is 1.37. The number of benzene rings is 1. The highest BCUT2D eigenvalue weighted by molar-refractivity contribution is 6.59. The van der Waals surface area contributed by atoms with Gasteiger partial charge in [-0.25, -0.2) is 0 Å². The largest absolute Gasteiger partial charge is 0.496 e. The second-order valence-corrected chi connectivity index (χ2v) is 2.89. The van der Waals surface area contributed by atoms with E-state index in [0.29, 0.717) is 28.6 Å². The molecule has 1 rings (SSSR count). The molecule has 0 amide bonds. The maximum absolute atomic E-state index is 10.6. The summed E-state index contributed by atoms with van der Waals surface area (Å²) in [4.78, 5) is 10.6. The van der Waals surface area contributed by atoms with Crippen molar-refractivity contribution in [3.8, 4) is 5.75 Å². The van der Waals surface area contributed by atoms with Gasteiger partial charge in [0.05, 0.1) is 12.7 Å².